The molecule has 0 aliphatic rings. The maximum Gasteiger partial charge on any atom is 0.251 e. The van der Waals surface area contributed by atoms with Crippen molar-refractivity contribution >= 4 is 29.1 Å². The minimum absolute atomic E-state index is 0.0987. The maximum atomic E-state index is 12.2. The van der Waals surface area contributed by atoms with E-state index in [1.165, 1.54) is 0 Å². The summed E-state index contributed by atoms with van der Waals surface area (Å²) in [5, 5.41) is 4.38. The second-order valence-corrected chi connectivity index (χ2v) is 6.81. The van der Waals surface area contributed by atoms with E-state index >= 15 is 0 Å². The normalized spacial score (nSPS) is 10.7. The zero-order valence-corrected chi connectivity index (χ0v) is 15.5. The van der Waals surface area contributed by atoms with Crippen LogP contribution in [-0.4, -0.2) is 17.4 Å². The summed E-state index contributed by atoms with van der Waals surface area (Å²) in [4.78, 5) is 16.1. The zero-order valence-electron chi connectivity index (χ0n) is 14.0. The zero-order chi connectivity index (χ0) is 18.4. The smallest absolute Gasteiger partial charge is 0.251 e. The third kappa shape index (κ3) is 4.84. The third-order valence-corrected chi connectivity index (χ3v) is 4.71. The van der Waals surface area contributed by atoms with Crippen molar-refractivity contribution in [1.82, 2.24) is 10.3 Å². The molecule has 2 aromatic carbocycles. The molecule has 0 unspecified atom stereocenters. The highest BCUT2D eigenvalue weighted by atomic mass is 35.5. The topological polar surface area (TPSA) is 42.0 Å². The lowest BCUT2D eigenvalue weighted by atomic mass is 9.88. The van der Waals surface area contributed by atoms with Crippen LogP contribution < -0.4 is 5.32 Å². The molecular formula is C21H18Cl2N2O. The van der Waals surface area contributed by atoms with Crippen molar-refractivity contribution in [3.63, 3.8) is 0 Å². The van der Waals surface area contributed by atoms with Gasteiger partial charge < -0.3 is 5.32 Å². The van der Waals surface area contributed by atoms with Crippen LogP contribution in [0.3, 0.4) is 0 Å². The second kappa shape index (κ2) is 8.84. The van der Waals surface area contributed by atoms with E-state index in [0.717, 1.165) is 17.5 Å². The molecule has 0 radical (unpaired) electrons. The molecule has 132 valence electrons. The van der Waals surface area contributed by atoms with E-state index in [4.69, 9.17) is 23.2 Å². The summed E-state index contributed by atoms with van der Waals surface area (Å²) < 4.78 is 0. The van der Waals surface area contributed by atoms with Gasteiger partial charge in [0.05, 0.1) is 0 Å². The molecule has 3 rings (SSSR count). The van der Waals surface area contributed by atoms with Gasteiger partial charge in [-0.1, -0.05) is 47.5 Å². The Labute approximate surface area is 163 Å². The lowest BCUT2D eigenvalue weighted by molar-refractivity contribution is 0.0952. The fraction of sp³-hybridized carbons (Fsp3) is 0.143. The Kier molecular flexibility index (Phi) is 6.26. The van der Waals surface area contributed by atoms with Crippen molar-refractivity contribution in [2.75, 3.05) is 6.54 Å². The summed E-state index contributed by atoms with van der Waals surface area (Å²) in [6.45, 7) is 0.553. The third-order valence-electron chi connectivity index (χ3n) is 4.21. The first-order valence-corrected chi connectivity index (χ1v) is 9.08. The highest BCUT2D eigenvalue weighted by Gasteiger charge is 2.15. The van der Waals surface area contributed by atoms with Crippen molar-refractivity contribution in [3.05, 3.63) is 99.8 Å². The van der Waals surface area contributed by atoms with Gasteiger partial charge in [0, 0.05) is 40.5 Å². The van der Waals surface area contributed by atoms with Gasteiger partial charge in [0.1, 0.15) is 0 Å². The predicted molar refractivity (Wildman–Crippen MR) is 106 cm³/mol. The summed E-state index contributed by atoms with van der Waals surface area (Å²) in [6.07, 6.45) is 3.98. The van der Waals surface area contributed by atoms with Crippen LogP contribution in [0.2, 0.25) is 10.0 Å². The molecule has 0 atom stereocenters. The summed E-state index contributed by atoms with van der Waals surface area (Å²) in [5.74, 6) is 0.0423. The van der Waals surface area contributed by atoms with E-state index in [1.54, 1.807) is 24.5 Å². The number of rotatable bonds is 6. The molecule has 1 aromatic heterocycles. The average Bonchev–Trinajstić information content (AvgIpc) is 2.68. The molecule has 3 aromatic rings. The molecule has 5 heteroatoms. The number of aromatic nitrogens is 1. The van der Waals surface area contributed by atoms with Gasteiger partial charge in [-0.15, -0.1) is 0 Å². The van der Waals surface area contributed by atoms with Crippen LogP contribution in [0.5, 0.6) is 0 Å². The first kappa shape index (κ1) is 18.4. The van der Waals surface area contributed by atoms with Gasteiger partial charge in [-0.05, 0) is 53.9 Å². The Morgan fingerprint density at radius 1 is 0.846 bits per heavy atom. The number of amides is 1. The molecule has 0 saturated carbocycles. The van der Waals surface area contributed by atoms with Crippen molar-refractivity contribution in [3.8, 4) is 0 Å². The molecule has 3 nitrogen and oxygen atoms in total. The molecule has 0 bridgehead atoms. The van der Waals surface area contributed by atoms with Crippen LogP contribution in [0.15, 0.2) is 73.1 Å². The molecule has 1 heterocycles. The van der Waals surface area contributed by atoms with Gasteiger partial charge >= 0.3 is 0 Å². The lowest BCUT2D eigenvalue weighted by Crippen LogP contribution is -2.25. The highest BCUT2D eigenvalue weighted by Crippen LogP contribution is 2.29. The minimum atomic E-state index is -0.0987. The van der Waals surface area contributed by atoms with Gasteiger partial charge in [0.25, 0.3) is 5.91 Å². The molecule has 0 aliphatic heterocycles. The van der Waals surface area contributed by atoms with Gasteiger partial charge in [-0.2, -0.15) is 0 Å². The first-order valence-electron chi connectivity index (χ1n) is 8.32. The molecule has 1 N–H and O–H groups in total. The number of carbonyl (C=O) groups excluding carboxylic acids is 1. The average molecular weight is 385 g/mol. The fourth-order valence-corrected chi connectivity index (χ4v) is 3.10. The monoisotopic (exact) mass is 384 g/mol. The van der Waals surface area contributed by atoms with E-state index < -0.39 is 0 Å². The van der Waals surface area contributed by atoms with Crippen LogP contribution in [0.4, 0.5) is 0 Å². The molecule has 1 amide bonds. The number of carbonyl (C=O) groups is 1. The molecule has 0 saturated heterocycles. The largest absolute Gasteiger partial charge is 0.352 e. The number of halogens is 2. The first-order chi connectivity index (χ1) is 12.6. The second-order valence-electron chi connectivity index (χ2n) is 5.94. The molecular weight excluding hydrogens is 367 g/mol. The van der Waals surface area contributed by atoms with E-state index in [2.05, 4.69) is 10.3 Å². The van der Waals surface area contributed by atoms with Gasteiger partial charge in [-0.3, -0.25) is 9.78 Å². The molecule has 0 spiro atoms. The highest BCUT2D eigenvalue weighted by molar-refractivity contribution is 6.30. The number of nitrogens with zero attached hydrogens (tertiary/aromatic N) is 1. The van der Waals surface area contributed by atoms with E-state index in [9.17, 15) is 4.79 Å². The summed E-state index contributed by atoms with van der Waals surface area (Å²) in [6, 6.07) is 19.0. The summed E-state index contributed by atoms with van der Waals surface area (Å²) >= 11 is 12.0. The Balaban J connectivity index is 1.72. The van der Waals surface area contributed by atoms with Crippen LogP contribution in [0.25, 0.3) is 0 Å². The van der Waals surface area contributed by atoms with E-state index in [0.29, 0.717) is 22.2 Å². The van der Waals surface area contributed by atoms with Crippen LogP contribution >= 0.6 is 23.2 Å². The molecule has 0 fully saturated rings. The van der Waals surface area contributed by atoms with Crippen LogP contribution in [0, 0.1) is 0 Å². The number of hydrogen-bond acceptors (Lipinski definition) is 2. The molecule has 0 aliphatic carbocycles. The van der Waals surface area contributed by atoms with Gasteiger partial charge in [0.2, 0.25) is 0 Å². The van der Waals surface area contributed by atoms with Crippen molar-refractivity contribution in [2.24, 2.45) is 0 Å². The maximum absolute atomic E-state index is 12.2. The van der Waals surface area contributed by atoms with E-state index in [1.807, 2.05) is 48.5 Å². The van der Waals surface area contributed by atoms with Crippen molar-refractivity contribution in [2.45, 2.75) is 12.3 Å². The Hall–Kier alpha value is -2.36. The van der Waals surface area contributed by atoms with Crippen molar-refractivity contribution in [1.29, 1.82) is 0 Å². The van der Waals surface area contributed by atoms with Gasteiger partial charge in [0.15, 0.2) is 0 Å². The predicted octanol–water partition coefficient (Wildman–Crippen LogP) is 5.34. The minimum Gasteiger partial charge on any atom is -0.352 e. The van der Waals surface area contributed by atoms with Crippen molar-refractivity contribution < 1.29 is 4.79 Å². The lowest BCUT2D eigenvalue weighted by Gasteiger charge is -2.19. The number of benzene rings is 2. The standard InChI is InChI=1S/C21H18Cl2N2O/c22-18-5-1-15(2-6-18)20(16-3-7-19(23)8-4-16)11-14-25-21(26)17-9-12-24-13-10-17/h1-10,12-13,20H,11,14H2,(H,25,26). The number of pyridine rings is 1. The van der Waals surface area contributed by atoms with Crippen LogP contribution in [0.1, 0.15) is 33.8 Å². The van der Waals surface area contributed by atoms with Gasteiger partial charge in [-0.25, -0.2) is 0 Å². The Morgan fingerprint density at radius 3 is 1.85 bits per heavy atom. The Bertz CT molecular complexity index is 804. The van der Waals surface area contributed by atoms with Crippen LogP contribution in [-0.2, 0) is 0 Å². The fourth-order valence-electron chi connectivity index (χ4n) is 2.85. The number of nitrogens with one attached hydrogen (secondary N) is 1. The quantitative estimate of drug-likeness (QED) is 0.622. The molecule has 26 heavy (non-hydrogen) atoms. The SMILES string of the molecule is O=C(NCCC(c1ccc(Cl)cc1)c1ccc(Cl)cc1)c1ccncc1. The number of hydrogen-bond donors (Lipinski definition) is 1. The summed E-state index contributed by atoms with van der Waals surface area (Å²) in [5.41, 5.74) is 2.90. The Morgan fingerprint density at radius 2 is 1.35 bits per heavy atom. The van der Waals surface area contributed by atoms with E-state index in [-0.39, 0.29) is 11.8 Å². The summed E-state index contributed by atoms with van der Waals surface area (Å²) in [7, 11) is 0.